The molecule has 1 N–H and O–H groups in total. The Morgan fingerprint density at radius 1 is 1.40 bits per heavy atom. The van der Waals surface area contributed by atoms with E-state index in [1.165, 1.54) is 0 Å². The average Bonchev–Trinajstić information content (AvgIpc) is 2.01. The third kappa shape index (κ3) is 7.33. The molecule has 0 saturated heterocycles. The fraction of sp³-hybridized carbons (Fsp3) is 0.889. The summed E-state index contributed by atoms with van der Waals surface area (Å²) in [5.74, 6) is -1.25. The van der Waals surface area contributed by atoms with Gasteiger partial charge in [-0.25, -0.2) is 8.42 Å². The summed E-state index contributed by atoms with van der Waals surface area (Å²) in [4.78, 5) is 11.0. The first kappa shape index (κ1) is 14.4. The van der Waals surface area contributed by atoms with Crippen LogP contribution in [-0.4, -0.2) is 45.1 Å². The second-order valence-electron chi connectivity index (χ2n) is 3.32. The van der Waals surface area contributed by atoms with Gasteiger partial charge in [0.2, 0.25) is 0 Å². The number of ether oxygens (including phenoxy) is 1. The van der Waals surface area contributed by atoms with Crippen LogP contribution in [-0.2, 0) is 19.4 Å². The minimum absolute atomic E-state index is 0.0420. The van der Waals surface area contributed by atoms with Gasteiger partial charge in [-0.1, -0.05) is 6.92 Å². The van der Waals surface area contributed by atoms with Crippen LogP contribution in [0.2, 0.25) is 0 Å². The molecule has 0 radical (unpaired) electrons. The van der Waals surface area contributed by atoms with Crippen molar-refractivity contribution in [2.24, 2.45) is 0 Å². The molecule has 0 heterocycles. The SMILES string of the molecule is CCNC(C)CS(=O)(=O)CC(=O)OCC. The molecule has 0 saturated carbocycles. The van der Waals surface area contributed by atoms with Gasteiger partial charge in [0.25, 0.3) is 0 Å². The number of sulfone groups is 1. The van der Waals surface area contributed by atoms with Crippen LogP contribution in [0.4, 0.5) is 0 Å². The minimum atomic E-state index is -3.36. The summed E-state index contributed by atoms with van der Waals surface area (Å²) in [5.41, 5.74) is 0. The van der Waals surface area contributed by atoms with E-state index in [-0.39, 0.29) is 18.4 Å². The molecule has 0 rings (SSSR count). The van der Waals surface area contributed by atoms with Crippen LogP contribution in [0.1, 0.15) is 20.8 Å². The third-order valence-corrected chi connectivity index (χ3v) is 3.38. The molecule has 0 bridgehead atoms. The lowest BCUT2D eigenvalue weighted by molar-refractivity contribution is -0.139. The van der Waals surface area contributed by atoms with E-state index in [4.69, 9.17) is 0 Å². The average molecular weight is 237 g/mol. The van der Waals surface area contributed by atoms with Crippen LogP contribution in [0.15, 0.2) is 0 Å². The fourth-order valence-corrected chi connectivity index (χ4v) is 2.67. The second kappa shape index (κ2) is 6.79. The summed E-state index contributed by atoms with van der Waals surface area (Å²) in [6, 6.07) is -0.144. The van der Waals surface area contributed by atoms with Crippen LogP contribution < -0.4 is 5.32 Å². The minimum Gasteiger partial charge on any atom is -0.465 e. The molecule has 5 nitrogen and oxygen atoms in total. The van der Waals surface area contributed by atoms with E-state index in [9.17, 15) is 13.2 Å². The van der Waals surface area contributed by atoms with Crippen molar-refractivity contribution in [1.29, 1.82) is 0 Å². The summed E-state index contributed by atoms with van der Waals surface area (Å²) in [6.07, 6.45) is 0. The lowest BCUT2D eigenvalue weighted by Crippen LogP contribution is -2.35. The summed E-state index contributed by atoms with van der Waals surface area (Å²) in [5, 5.41) is 2.98. The first-order valence-electron chi connectivity index (χ1n) is 5.00. The molecular weight excluding hydrogens is 218 g/mol. The maximum absolute atomic E-state index is 11.5. The first-order chi connectivity index (χ1) is 6.91. The summed E-state index contributed by atoms with van der Waals surface area (Å²) >= 11 is 0. The normalized spacial score (nSPS) is 13.5. The molecule has 0 amide bonds. The van der Waals surface area contributed by atoms with E-state index in [0.717, 1.165) is 0 Å². The summed E-state index contributed by atoms with van der Waals surface area (Å²) in [7, 11) is -3.36. The molecule has 1 atom stereocenters. The zero-order valence-corrected chi connectivity index (χ0v) is 10.3. The van der Waals surface area contributed by atoms with Crippen molar-refractivity contribution in [2.75, 3.05) is 24.7 Å². The van der Waals surface area contributed by atoms with E-state index < -0.39 is 21.6 Å². The third-order valence-electron chi connectivity index (χ3n) is 1.70. The maximum Gasteiger partial charge on any atom is 0.321 e. The highest BCUT2D eigenvalue weighted by molar-refractivity contribution is 7.92. The standard InChI is InChI=1S/C9H19NO4S/c1-4-10-8(3)6-15(12,13)7-9(11)14-5-2/h8,10H,4-7H2,1-3H3. The van der Waals surface area contributed by atoms with Gasteiger partial charge >= 0.3 is 5.97 Å². The Kier molecular flexibility index (Phi) is 6.51. The molecule has 90 valence electrons. The number of nitrogens with one attached hydrogen (secondary N) is 1. The Hall–Kier alpha value is -0.620. The Bertz CT molecular complexity index is 286. The van der Waals surface area contributed by atoms with Gasteiger partial charge in [-0.15, -0.1) is 0 Å². The van der Waals surface area contributed by atoms with Gasteiger partial charge < -0.3 is 10.1 Å². The summed E-state index contributed by atoms with van der Waals surface area (Å²) in [6.45, 7) is 6.22. The van der Waals surface area contributed by atoms with Crippen LogP contribution in [0.3, 0.4) is 0 Å². The highest BCUT2D eigenvalue weighted by Gasteiger charge is 2.20. The van der Waals surface area contributed by atoms with E-state index in [1.807, 2.05) is 6.92 Å². The zero-order valence-electron chi connectivity index (χ0n) is 9.45. The molecule has 6 heteroatoms. The zero-order chi connectivity index (χ0) is 11.9. The number of hydrogen-bond acceptors (Lipinski definition) is 5. The highest BCUT2D eigenvalue weighted by Crippen LogP contribution is 1.96. The van der Waals surface area contributed by atoms with E-state index in [0.29, 0.717) is 6.54 Å². The van der Waals surface area contributed by atoms with E-state index in [1.54, 1.807) is 13.8 Å². The van der Waals surface area contributed by atoms with Gasteiger partial charge in [-0.2, -0.15) is 0 Å². The van der Waals surface area contributed by atoms with Crippen molar-refractivity contribution < 1.29 is 17.9 Å². The summed E-state index contributed by atoms with van der Waals surface area (Å²) < 4.78 is 27.5. The Labute approximate surface area is 91.1 Å². The van der Waals surface area contributed by atoms with Crippen molar-refractivity contribution in [2.45, 2.75) is 26.8 Å². The largest absolute Gasteiger partial charge is 0.465 e. The maximum atomic E-state index is 11.5. The van der Waals surface area contributed by atoms with Crippen LogP contribution in [0.25, 0.3) is 0 Å². The van der Waals surface area contributed by atoms with Crippen molar-refractivity contribution >= 4 is 15.8 Å². The predicted molar refractivity (Wildman–Crippen MR) is 58.4 cm³/mol. The highest BCUT2D eigenvalue weighted by atomic mass is 32.2. The quantitative estimate of drug-likeness (QED) is 0.629. The number of carbonyl (C=O) groups excluding carboxylic acids is 1. The van der Waals surface area contributed by atoms with Crippen molar-refractivity contribution in [1.82, 2.24) is 5.32 Å². The monoisotopic (exact) mass is 237 g/mol. The van der Waals surface area contributed by atoms with Gasteiger partial charge in [0, 0.05) is 6.04 Å². The van der Waals surface area contributed by atoms with Crippen molar-refractivity contribution in [3.63, 3.8) is 0 Å². The van der Waals surface area contributed by atoms with Gasteiger partial charge in [-0.3, -0.25) is 4.79 Å². The lowest BCUT2D eigenvalue weighted by Gasteiger charge is -2.11. The van der Waals surface area contributed by atoms with Crippen molar-refractivity contribution in [3.8, 4) is 0 Å². The van der Waals surface area contributed by atoms with Crippen LogP contribution in [0, 0.1) is 0 Å². The van der Waals surface area contributed by atoms with Gasteiger partial charge in [0.05, 0.1) is 12.4 Å². The molecule has 0 spiro atoms. The molecule has 0 aromatic carbocycles. The molecule has 0 aromatic rings. The smallest absolute Gasteiger partial charge is 0.321 e. The number of carbonyl (C=O) groups is 1. The molecule has 0 fully saturated rings. The molecule has 0 aliphatic rings. The molecule has 15 heavy (non-hydrogen) atoms. The van der Waals surface area contributed by atoms with E-state index in [2.05, 4.69) is 10.1 Å². The second-order valence-corrected chi connectivity index (χ2v) is 5.43. The molecule has 0 aliphatic carbocycles. The van der Waals surface area contributed by atoms with Crippen LogP contribution in [0.5, 0.6) is 0 Å². The number of rotatable bonds is 7. The Morgan fingerprint density at radius 2 is 2.00 bits per heavy atom. The predicted octanol–water partition coefficient (Wildman–Crippen LogP) is -0.0377. The Morgan fingerprint density at radius 3 is 2.47 bits per heavy atom. The lowest BCUT2D eigenvalue weighted by atomic mass is 10.4. The number of esters is 1. The number of hydrogen-bond donors (Lipinski definition) is 1. The van der Waals surface area contributed by atoms with Gasteiger partial charge in [0.15, 0.2) is 9.84 Å². The van der Waals surface area contributed by atoms with Crippen LogP contribution >= 0.6 is 0 Å². The van der Waals surface area contributed by atoms with Crippen molar-refractivity contribution in [3.05, 3.63) is 0 Å². The Balaban J connectivity index is 4.13. The van der Waals surface area contributed by atoms with Gasteiger partial charge in [-0.05, 0) is 20.4 Å². The molecular formula is C9H19NO4S. The van der Waals surface area contributed by atoms with E-state index >= 15 is 0 Å². The topological polar surface area (TPSA) is 72.5 Å². The fourth-order valence-electron chi connectivity index (χ4n) is 1.23. The first-order valence-corrected chi connectivity index (χ1v) is 6.82. The molecule has 0 aliphatic heterocycles. The molecule has 1 unspecified atom stereocenters. The van der Waals surface area contributed by atoms with Gasteiger partial charge in [0.1, 0.15) is 5.75 Å². The molecule has 0 aromatic heterocycles.